The second-order valence-corrected chi connectivity index (χ2v) is 6.98. The predicted molar refractivity (Wildman–Crippen MR) is 87.8 cm³/mol. The van der Waals surface area contributed by atoms with Crippen molar-refractivity contribution in [3.05, 3.63) is 11.6 Å². The van der Waals surface area contributed by atoms with Crippen LogP contribution in [-0.4, -0.2) is 49.1 Å². The third-order valence-electron chi connectivity index (χ3n) is 5.16. The molecule has 0 aromatic carbocycles. The molecule has 2 saturated heterocycles. The third kappa shape index (κ3) is 4.56. The van der Waals surface area contributed by atoms with Crippen LogP contribution < -0.4 is 5.32 Å². The standard InChI is InChI=1S/C18H28N2O3/c21-17-11-15(12-20(17)13-16-7-4-10-23-16)18(22)19-9-8-14-5-2-1-3-6-14/h5,15-16H,1-4,6-13H2,(H,19,22). The summed E-state index contributed by atoms with van der Waals surface area (Å²) in [5, 5.41) is 3.02. The lowest BCUT2D eigenvalue weighted by molar-refractivity contribution is -0.129. The number of carbonyl (C=O) groups excluding carboxylic acids is 2. The smallest absolute Gasteiger partial charge is 0.225 e. The Hall–Kier alpha value is -1.36. The van der Waals surface area contributed by atoms with Crippen molar-refractivity contribution in [1.82, 2.24) is 10.2 Å². The van der Waals surface area contributed by atoms with Crippen LogP contribution in [-0.2, 0) is 14.3 Å². The summed E-state index contributed by atoms with van der Waals surface area (Å²) in [7, 11) is 0. The van der Waals surface area contributed by atoms with Gasteiger partial charge in [-0.2, -0.15) is 0 Å². The Balaban J connectivity index is 1.39. The van der Waals surface area contributed by atoms with Crippen LogP contribution in [0.5, 0.6) is 0 Å². The van der Waals surface area contributed by atoms with Gasteiger partial charge in [0.2, 0.25) is 11.8 Å². The maximum absolute atomic E-state index is 12.3. The SMILES string of the molecule is O=C(NCCC1=CCCCC1)C1CC(=O)N(CC2CCCO2)C1. The van der Waals surface area contributed by atoms with E-state index >= 15 is 0 Å². The highest BCUT2D eigenvalue weighted by molar-refractivity contribution is 5.89. The van der Waals surface area contributed by atoms with Gasteiger partial charge in [-0.3, -0.25) is 9.59 Å². The number of hydrogen-bond donors (Lipinski definition) is 1. The summed E-state index contributed by atoms with van der Waals surface area (Å²) >= 11 is 0. The molecule has 3 rings (SSSR count). The molecule has 2 unspecified atom stereocenters. The molecule has 0 saturated carbocycles. The van der Waals surface area contributed by atoms with Crippen LogP contribution in [0.2, 0.25) is 0 Å². The van der Waals surface area contributed by atoms with Gasteiger partial charge in [0.25, 0.3) is 0 Å². The van der Waals surface area contributed by atoms with E-state index in [1.54, 1.807) is 0 Å². The summed E-state index contributed by atoms with van der Waals surface area (Å²) in [4.78, 5) is 26.2. The molecule has 0 radical (unpaired) electrons. The van der Waals surface area contributed by atoms with E-state index in [1.165, 1.54) is 31.3 Å². The van der Waals surface area contributed by atoms with Gasteiger partial charge in [0, 0.05) is 32.7 Å². The number of carbonyl (C=O) groups is 2. The fourth-order valence-electron chi connectivity index (χ4n) is 3.78. The fourth-order valence-corrected chi connectivity index (χ4v) is 3.78. The van der Waals surface area contributed by atoms with Gasteiger partial charge in [0.1, 0.15) is 0 Å². The van der Waals surface area contributed by atoms with Gasteiger partial charge in [0.15, 0.2) is 0 Å². The number of hydrogen-bond acceptors (Lipinski definition) is 3. The van der Waals surface area contributed by atoms with Gasteiger partial charge in [0.05, 0.1) is 12.0 Å². The minimum Gasteiger partial charge on any atom is -0.376 e. The lowest BCUT2D eigenvalue weighted by atomic mass is 9.97. The highest BCUT2D eigenvalue weighted by atomic mass is 16.5. The summed E-state index contributed by atoms with van der Waals surface area (Å²) in [6.45, 7) is 2.69. The van der Waals surface area contributed by atoms with Crippen LogP contribution in [0.4, 0.5) is 0 Å². The summed E-state index contributed by atoms with van der Waals surface area (Å²) < 4.78 is 5.59. The summed E-state index contributed by atoms with van der Waals surface area (Å²) in [6, 6.07) is 0. The highest BCUT2D eigenvalue weighted by Crippen LogP contribution is 2.22. The number of ether oxygens (including phenoxy) is 1. The average Bonchev–Trinajstić information content (AvgIpc) is 3.19. The molecule has 1 N–H and O–H groups in total. The molecule has 128 valence electrons. The highest BCUT2D eigenvalue weighted by Gasteiger charge is 2.35. The normalized spacial score (nSPS) is 28.1. The minimum absolute atomic E-state index is 0.0320. The van der Waals surface area contributed by atoms with Gasteiger partial charge in [-0.25, -0.2) is 0 Å². The van der Waals surface area contributed by atoms with Crippen LogP contribution in [0.1, 0.15) is 51.4 Å². The monoisotopic (exact) mass is 320 g/mol. The van der Waals surface area contributed by atoms with Crippen molar-refractivity contribution in [2.24, 2.45) is 5.92 Å². The molecule has 2 fully saturated rings. The van der Waals surface area contributed by atoms with E-state index in [4.69, 9.17) is 4.74 Å². The van der Waals surface area contributed by atoms with E-state index < -0.39 is 0 Å². The summed E-state index contributed by atoms with van der Waals surface area (Å²) in [6.07, 6.45) is 10.8. The lowest BCUT2D eigenvalue weighted by Gasteiger charge is -2.20. The molecule has 0 aromatic heterocycles. The zero-order valence-corrected chi connectivity index (χ0v) is 13.9. The Morgan fingerprint density at radius 1 is 1.35 bits per heavy atom. The molecule has 5 nitrogen and oxygen atoms in total. The van der Waals surface area contributed by atoms with Crippen molar-refractivity contribution < 1.29 is 14.3 Å². The van der Waals surface area contributed by atoms with Gasteiger partial charge < -0.3 is 15.0 Å². The summed E-state index contributed by atoms with van der Waals surface area (Å²) in [5.41, 5.74) is 1.47. The topological polar surface area (TPSA) is 58.6 Å². The number of nitrogens with one attached hydrogen (secondary N) is 1. The van der Waals surface area contributed by atoms with E-state index in [9.17, 15) is 9.59 Å². The third-order valence-corrected chi connectivity index (χ3v) is 5.16. The summed E-state index contributed by atoms with van der Waals surface area (Å²) in [5.74, 6) is -0.0653. The Bertz CT molecular complexity index is 469. The number of nitrogens with zero attached hydrogens (tertiary/aromatic N) is 1. The number of likely N-dealkylation sites (tertiary alicyclic amines) is 1. The zero-order valence-electron chi connectivity index (χ0n) is 13.9. The number of rotatable bonds is 6. The first kappa shape index (κ1) is 16.5. The van der Waals surface area contributed by atoms with Crippen molar-refractivity contribution in [1.29, 1.82) is 0 Å². The van der Waals surface area contributed by atoms with Crippen LogP contribution >= 0.6 is 0 Å². The molecular formula is C18H28N2O3. The molecule has 0 bridgehead atoms. The Labute approximate surface area is 138 Å². The van der Waals surface area contributed by atoms with Gasteiger partial charge >= 0.3 is 0 Å². The molecule has 3 aliphatic rings. The molecule has 1 aliphatic carbocycles. The molecule has 2 amide bonds. The maximum Gasteiger partial charge on any atom is 0.225 e. The molecule has 0 spiro atoms. The van der Waals surface area contributed by atoms with E-state index in [0.717, 1.165) is 25.9 Å². The first-order valence-electron chi connectivity index (χ1n) is 9.07. The fraction of sp³-hybridized carbons (Fsp3) is 0.778. The molecule has 23 heavy (non-hydrogen) atoms. The first-order valence-corrected chi connectivity index (χ1v) is 9.07. The van der Waals surface area contributed by atoms with Crippen LogP contribution in [0.25, 0.3) is 0 Å². The zero-order chi connectivity index (χ0) is 16.1. The predicted octanol–water partition coefficient (Wildman–Crippen LogP) is 2.02. The maximum atomic E-state index is 12.3. The Morgan fingerprint density at radius 3 is 3.00 bits per heavy atom. The van der Waals surface area contributed by atoms with Gasteiger partial charge in [-0.05, 0) is 44.9 Å². The van der Waals surface area contributed by atoms with Crippen LogP contribution in [0.15, 0.2) is 11.6 Å². The van der Waals surface area contributed by atoms with Crippen molar-refractivity contribution in [3.63, 3.8) is 0 Å². The molecule has 2 atom stereocenters. The largest absolute Gasteiger partial charge is 0.376 e. The molecular weight excluding hydrogens is 292 g/mol. The molecule has 2 aliphatic heterocycles. The quantitative estimate of drug-likeness (QED) is 0.762. The van der Waals surface area contributed by atoms with Crippen LogP contribution in [0.3, 0.4) is 0 Å². The Kier molecular flexibility index (Phi) is 5.70. The van der Waals surface area contributed by atoms with Gasteiger partial charge in [-0.1, -0.05) is 11.6 Å². The van der Waals surface area contributed by atoms with Crippen molar-refractivity contribution in [3.8, 4) is 0 Å². The van der Waals surface area contributed by atoms with Crippen molar-refractivity contribution in [2.75, 3.05) is 26.2 Å². The number of amides is 2. The van der Waals surface area contributed by atoms with Gasteiger partial charge in [-0.15, -0.1) is 0 Å². The first-order chi connectivity index (χ1) is 11.2. The van der Waals surface area contributed by atoms with E-state index in [2.05, 4.69) is 11.4 Å². The van der Waals surface area contributed by atoms with Crippen molar-refractivity contribution >= 4 is 11.8 Å². The molecule has 2 heterocycles. The second kappa shape index (κ2) is 7.95. The van der Waals surface area contributed by atoms with Crippen molar-refractivity contribution in [2.45, 2.75) is 57.5 Å². The van der Waals surface area contributed by atoms with E-state index in [-0.39, 0.29) is 23.8 Å². The average molecular weight is 320 g/mol. The second-order valence-electron chi connectivity index (χ2n) is 6.98. The number of allylic oxidation sites excluding steroid dienone is 1. The Morgan fingerprint density at radius 2 is 2.26 bits per heavy atom. The van der Waals surface area contributed by atoms with E-state index in [0.29, 0.717) is 26.1 Å². The van der Waals surface area contributed by atoms with Crippen LogP contribution in [0, 0.1) is 5.92 Å². The molecule has 5 heteroatoms. The molecule has 0 aromatic rings. The minimum atomic E-state index is -0.191. The lowest BCUT2D eigenvalue weighted by Crippen LogP contribution is -2.36. The van der Waals surface area contributed by atoms with E-state index in [1.807, 2.05) is 4.90 Å².